The summed E-state index contributed by atoms with van der Waals surface area (Å²) in [5.41, 5.74) is 5.15. The molecule has 0 radical (unpaired) electrons. The van der Waals surface area contributed by atoms with Crippen LogP contribution in [0.2, 0.25) is 0 Å². The summed E-state index contributed by atoms with van der Waals surface area (Å²) in [5, 5.41) is 1.32. The highest BCUT2D eigenvalue weighted by Gasteiger charge is 2.37. The zero-order valence-corrected chi connectivity index (χ0v) is 15.7. The summed E-state index contributed by atoms with van der Waals surface area (Å²) in [6.07, 6.45) is 7.33. The van der Waals surface area contributed by atoms with E-state index in [1.807, 2.05) is 11.0 Å². The van der Waals surface area contributed by atoms with Gasteiger partial charge in [0.2, 0.25) is 5.91 Å². The van der Waals surface area contributed by atoms with Crippen LogP contribution in [-0.2, 0) is 11.2 Å². The minimum Gasteiger partial charge on any atom is -0.361 e. The predicted molar refractivity (Wildman–Crippen MR) is 107 cm³/mol. The first kappa shape index (κ1) is 17.1. The van der Waals surface area contributed by atoms with Crippen molar-refractivity contribution >= 4 is 22.4 Å². The van der Waals surface area contributed by atoms with Crippen LogP contribution in [0, 0.1) is 5.92 Å². The van der Waals surface area contributed by atoms with Crippen LogP contribution in [0.15, 0.2) is 43.1 Å². The zero-order valence-electron chi connectivity index (χ0n) is 15.7. The molecule has 2 heterocycles. The summed E-state index contributed by atoms with van der Waals surface area (Å²) in [5.74, 6) is 0.152. The summed E-state index contributed by atoms with van der Waals surface area (Å²) in [7, 11) is 0. The Morgan fingerprint density at radius 2 is 2.19 bits per heavy atom. The Morgan fingerprint density at radius 3 is 2.92 bits per heavy atom. The van der Waals surface area contributed by atoms with Gasteiger partial charge in [0.15, 0.2) is 0 Å². The van der Waals surface area contributed by atoms with Gasteiger partial charge in [0.25, 0.3) is 0 Å². The average Bonchev–Trinajstić information content (AvgIpc) is 3.08. The number of carbonyl (C=O) groups excluding carboxylic acids is 1. The Hall–Kier alpha value is -2.33. The van der Waals surface area contributed by atoms with Crippen molar-refractivity contribution in [2.45, 2.75) is 26.3 Å². The van der Waals surface area contributed by atoms with E-state index >= 15 is 0 Å². The number of hydrogen-bond donors (Lipinski definition) is 1. The molecule has 2 atom stereocenters. The second kappa shape index (κ2) is 6.76. The molecule has 0 bridgehead atoms. The molecule has 2 aliphatic rings. The summed E-state index contributed by atoms with van der Waals surface area (Å²) in [6.45, 7) is 11.1. The Bertz CT molecular complexity index is 875. The average molecular weight is 349 g/mol. The smallest absolute Gasteiger partial charge is 0.230 e. The Balaban J connectivity index is 1.81. The van der Waals surface area contributed by atoms with E-state index in [-0.39, 0.29) is 11.8 Å². The third-order valence-corrected chi connectivity index (χ3v) is 5.88. The number of rotatable bonds is 5. The van der Waals surface area contributed by atoms with Gasteiger partial charge in [-0.15, -0.1) is 6.58 Å². The molecule has 1 aromatic carbocycles. The number of aromatic amines is 1. The summed E-state index contributed by atoms with van der Waals surface area (Å²) >= 11 is 0. The van der Waals surface area contributed by atoms with Crippen LogP contribution in [0.5, 0.6) is 0 Å². The molecule has 0 unspecified atom stereocenters. The van der Waals surface area contributed by atoms with Gasteiger partial charge < -0.3 is 9.88 Å². The van der Waals surface area contributed by atoms with E-state index in [4.69, 9.17) is 0 Å². The van der Waals surface area contributed by atoms with E-state index in [0.717, 1.165) is 32.6 Å². The summed E-state index contributed by atoms with van der Waals surface area (Å²) in [4.78, 5) is 20.8. The molecular formula is C22H27N3O. The lowest BCUT2D eigenvalue weighted by molar-refractivity contribution is -0.134. The third kappa shape index (κ3) is 2.60. The highest BCUT2D eigenvalue weighted by molar-refractivity contribution is 5.99. The summed E-state index contributed by atoms with van der Waals surface area (Å²) in [6, 6.07) is 6.76. The molecule has 0 saturated heterocycles. The molecule has 1 aliphatic heterocycles. The van der Waals surface area contributed by atoms with Crippen molar-refractivity contribution in [3.8, 4) is 0 Å². The molecule has 0 fully saturated rings. The van der Waals surface area contributed by atoms with Crippen LogP contribution >= 0.6 is 0 Å². The minimum atomic E-state index is -0.0863. The lowest BCUT2D eigenvalue weighted by Gasteiger charge is -2.42. The fourth-order valence-corrected chi connectivity index (χ4v) is 4.62. The normalized spacial score (nSPS) is 22.0. The molecule has 136 valence electrons. The molecule has 4 rings (SSSR count). The van der Waals surface area contributed by atoms with Crippen LogP contribution in [0.1, 0.15) is 25.0 Å². The first-order valence-corrected chi connectivity index (χ1v) is 9.62. The van der Waals surface area contributed by atoms with Crippen molar-refractivity contribution in [3.63, 3.8) is 0 Å². The van der Waals surface area contributed by atoms with Gasteiger partial charge >= 0.3 is 0 Å². The van der Waals surface area contributed by atoms with Gasteiger partial charge in [-0.3, -0.25) is 9.69 Å². The van der Waals surface area contributed by atoms with Gasteiger partial charge in [0.05, 0.1) is 5.92 Å². The zero-order chi connectivity index (χ0) is 18.3. The fraction of sp³-hybridized carbons (Fsp3) is 0.409. The summed E-state index contributed by atoms with van der Waals surface area (Å²) < 4.78 is 0. The molecule has 26 heavy (non-hydrogen) atoms. The number of hydrogen-bond acceptors (Lipinski definition) is 2. The van der Waals surface area contributed by atoms with Crippen LogP contribution in [-0.4, -0.2) is 52.9 Å². The standard InChI is InChI=1S/C22H27N3O/c1-4-10-25-14-16(22(26)24(5-2)6-3)11-18-17-8-7-9-19-21(17)15(13-23-19)12-20(18)25/h4,7-9,11,13,16,20,23H,1,5-6,10,12,14H2,2-3H3/t16-,20+/m0/s1. The monoisotopic (exact) mass is 349 g/mol. The molecule has 1 N–H and O–H groups in total. The van der Waals surface area contributed by atoms with Crippen LogP contribution in [0.25, 0.3) is 16.5 Å². The lowest BCUT2D eigenvalue weighted by Crippen LogP contribution is -2.49. The molecule has 4 heteroatoms. The minimum absolute atomic E-state index is 0.0863. The Kier molecular flexibility index (Phi) is 4.45. The first-order valence-electron chi connectivity index (χ1n) is 9.62. The van der Waals surface area contributed by atoms with Crippen LogP contribution < -0.4 is 0 Å². The van der Waals surface area contributed by atoms with Crippen LogP contribution in [0.3, 0.4) is 0 Å². The largest absolute Gasteiger partial charge is 0.361 e. The van der Waals surface area contributed by atoms with Crippen molar-refractivity contribution in [1.82, 2.24) is 14.8 Å². The Labute approximate surface area is 155 Å². The van der Waals surface area contributed by atoms with E-state index in [9.17, 15) is 4.79 Å². The molecule has 1 aliphatic carbocycles. The molecule has 1 aromatic heterocycles. The van der Waals surface area contributed by atoms with Crippen molar-refractivity contribution < 1.29 is 4.79 Å². The highest BCUT2D eigenvalue weighted by atomic mass is 16.2. The quantitative estimate of drug-likeness (QED) is 0.840. The van der Waals surface area contributed by atoms with Gasteiger partial charge in [-0.2, -0.15) is 0 Å². The second-order valence-electron chi connectivity index (χ2n) is 7.24. The van der Waals surface area contributed by atoms with Gasteiger partial charge in [0.1, 0.15) is 0 Å². The molecule has 4 nitrogen and oxygen atoms in total. The van der Waals surface area contributed by atoms with E-state index in [0.29, 0.717) is 6.04 Å². The number of amides is 1. The van der Waals surface area contributed by atoms with Crippen molar-refractivity contribution in [2.75, 3.05) is 26.2 Å². The molecule has 2 aromatic rings. The number of nitrogens with one attached hydrogen (secondary N) is 1. The number of carbonyl (C=O) groups is 1. The van der Waals surface area contributed by atoms with E-state index < -0.39 is 0 Å². The van der Waals surface area contributed by atoms with E-state index in [1.54, 1.807) is 0 Å². The van der Waals surface area contributed by atoms with Gasteiger partial charge in [-0.1, -0.05) is 24.3 Å². The molecule has 0 spiro atoms. The second-order valence-corrected chi connectivity index (χ2v) is 7.24. The molecule has 1 amide bonds. The third-order valence-electron chi connectivity index (χ3n) is 5.88. The maximum atomic E-state index is 13.0. The van der Waals surface area contributed by atoms with Crippen LogP contribution in [0.4, 0.5) is 0 Å². The lowest BCUT2D eigenvalue weighted by atomic mass is 9.79. The predicted octanol–water partition coefficient (Wildman–Crippen LogP) is 3.46. The first-order chi connectivity index (χ1) is 12.7. The molecule has 0 saturated carbocycles. The van der Waals surface area contributed by atoms with E-state index in [1.165, 1.54) is 27.6 Å². The van der Waals surface area contributed by atoms with E-state index in [2.05, 4.69) is 60.8 Å². The number of nitrogens with zero attached hydrogens (tertiary/aromatic N) is 2. The van der Waals surface area contributed by atoms with Gasteiger partial charge in [-0.05, 0) is 43.0 Å². The number of benzene rings is 1. The maximum absolute atomic E-state index is 13.0. The number of fused-ring (bicyclic) bond motifs is 2. The maximum Gasteiger partial charge on any atom is 0.230 e. The van der Waals surface area contributed by atoms with Crippen molar-refractivity contribution in [2.24, 2.45) is 5.92 Å². The fourth-order valence-electron chi connectivity index (χ4n) is 4.62. The van der Waals surface area contributed by atoms with Gasteiger partial charge in [-0.25, -0.2) is 0 Å². The topological polar surface area (TPSA) is 39.3 Å². The van der Waals surface area contributed by atoms with Crippen molar-refractivity contribution in [3.05, 3.63) is 54.3 Å². The van der Waals surface area contributed by atoms with Crippen molar-refractivity contribution in [1.29, 1.82) is 0 Å². The molecular weight excluding hydrogens is 322 g/mol. The van der Waals surface area contributed by atoms with Gasteiger partial charge in [0, 0.05) is 49.3 Å². The Morgan fingerprint density at radius 1 is 1.38 bits per heavy atom. The highest BCUT2D eigenvalue weighted by Crippen LogP contribution is 2.41. The number of aromatic nitrogens is 1. The number of H-pyrrole nitrogens is 1. The SMILES string of the molecule is C=CCN1C[C@@H](C(=O)N(CC)CC)C=C2c3cccc4[nH]cc(c34)C[C@H]21.